The third-order valence-corrected chi connectivity index (χ3v) is 3.16. The van der Waals surface area contributed by atoms with Crippen LogP contribution in [-0.4, -0.2) is 17.4 Å². The summed E-state index contributed by atoms with van der Waals surface area (Å²) in [6, 6.07) is 4.99. The van der Waals surface area contributed by atoms with Gasteiger partial charge in [-0.2, -0.15) is 0 Å². The van der Waals surface area contributed by atoms with Crippen molar-refractivity contribution in [2.75, 3.05) is 11.4 Å². The Labute approximate surface area is 123 Å². The second-order valence-corrected chi connectivity index (χ2v) is 4.96. The minimum absolute atomic E-state index is 0.302. The van der Waals surface area contributed by atoms with E-state index in [-0.39, 0.29) is 5.91 Å². The smallest absolute Gasteiger partial charge is 0.259 e. The number of aromatic nitrogens is 1. The zero-order chi connectivity index (χ0) is 14.7. The quantitative estimate of drug-likeness (QED) is 0.851. The maximum absolute atomic E-state index is 13.3. The summed E-state index contributed by atoms with van der Waals surface area (Å²) >= 11 is 3.24. The number of halogens is 3. The molecule has 0 saturated carbocycles. The molecule has 0 radical (unpaired) electrons. The second-order valence-electron chi connectivity index (χ2n) is 4.04. The summed E-state index contributed by atoms with van der Waals surface area (Å²) in [5.74, 6) is -2.25. The summed E-state index contributed by atoms with van der Waals surface area (Å²) in [5.41, 5.74) is 0.669. The number of hydrogen-bond acceptors (Lipinski definition) is 2. The Balaban J connectivity index is 2.36. The molecular formula is C14H11BrF2N2O. The van der Waals surface area contributed by atoms with Crippen LogP contribution in [0.4, 0.5) is 14.5 Å². The number of pyridine rings is 1. The highest BCUT2D eigenvalue weighted by Crippen LogP contribution is 2.20. The molecule has 6 heteroatoms. The van der Waals surface area contributed by atoms with E-state index in [0.717, 1.165) is 12.1 Å². The van der Waals surface area contributed by atoms with Crippen LogP contribution < -0.4 is 4.90 Å². The van der Waals surface area contributed by atoms with E-state index in [0.29, 0.717) is 22.3 Å². The maximum atomic E-state index is 13.3. The molecule has 3 nitrogen and oxygen atoms in total. The van der Waals surface area contributed by atoms with Gasteiger partial charge in [0.15, 0.2) is 11.6 Å². The third-order valence-electron chi connectivity index (χ3n) is 2.73. The number of rotatable bonds is 3. The standard InChI is InChI=1S/C14H11BrF2N2O/c1-2-19(11-3-4-12(16)13(17)6-11)14(20)9-5-10(15)8-18-7-9/h3-8H,2H2,1H3. The second kappa shape index (κ2) is 6.09. The molecule has 0 N–H and O–H groups in total. The summed E-state index contributed by atoms with van der Waals surface area (Å²) in [6.07, 6.45) is 2.99. The highest BCUT2D eigenvalue weighted by atomic mass is 79.9. The molecule has 1 aromatic heterocycles. The summed E-state index contributed by atoms with van der Waals surface area (Å²) in [4.78, 5) is 17.6. The molecule has 0 aliphatic rings. The number of anilines is 1. The molecule has 0 aliphatic carbocycles. The molecule has 2 rings (SSSR count). The summed E-state index contributed by atoms with van der Waals surface area (Å²) < 4.78 is 26.9. The van der Waals surface area contributed by atoms with Crippen LogP contribution in [0.1, 0.15) is 17.3 Å². The van der Waals surface area contributed by atoms with Crippen molar-refractivity contribution in [1.29, 1.82) is 0 Å². The Morgan fingerprint density at radius 2 is 2.00 bits per heavy atom. The van der Waals surface area contributed by atoms with E-state index in [1.54, 1.807) is 19.2 Å². The Morgan fingerprint density at radius 1 is 1.25 bits per heavy atom. The highest BCUT2D eigenvalue weighted by molar-refractivity contribution is 9.10. The van der Waals surface area contributed by atoms with E-state index in [9.17, 15) is 13.6 Å². The monoisotopic (exact) mass is 340 g/mol. The maximum Gasteiger partial charge on any atom is 0.259 e. The average Bonchev–Trinajstić information content (AvgIpc) is 2.43. The van der Waals surface area contributed by atoms with Gasteiger partial charge in [-0.1, -0.05) is 0 Å². The van der Waals surface area contributed by atoms with Gasteiger partial charge in [-0.25, -0.2) is 8.78 Å². The van der Waals surface area contributed by atoms with Gasteiger partial charge in [0.1, 0.15) is 0 Å². The number of carbonyl (C=O) groups is 1. The third kappa shape index (κ3) is 3.01. The number of amides is 1. The minimum Gasteiger partial charge on any atom is -0.308 e. The van der Waals surface area contributed by atoms with E-state index >= 15 is 0 Å². The Hall–Kier alpha value is -1.82. The van der Waals surface area contributed by atoms with E-state index < -0.39 is 11.6 Å². The summed E-state index contributed by atoms with van der Waals surface area (Å²) in [7, 11) is 0. The first-order chi connectivity index (χ1) is 9.52. The molecule has 1 heterocycles. The summed E-state index contributed by atoms with van der Waals surface area (Å²) in [5, 5.41) is 0. The van der Waals surface area contributed by atoms with Gasteiger partial charge in [-0.15, -0.1) is 0 Å². The first-order valence-corrected chi connectivity index (χ1v) is 6.69. The van der Waals surface area contributed by atoms with E-state index in [2.05, 4.69) is 20.9 Å². The first-order valence-electron chi connectivity index (χ1n) is 5.90. The van der Waals surface area contributed by atoms with Crippen LogP contribution in [0.25, 0.3) is 0 Å². The fourth-order valence-corrected chi connectivity index (χ4v) is 2.15. The molecule has 0 spiro atoms. The van der Waals surface area contributed by atoms with Crippen LogP contribution in [0, 0.1) is 11.6 Å². The van der Waals surface area contributed by atoms with Gasteiger partial charge < -0.3 is 4.90 Å². The van der Waals surface area contributed by atoms with Crippen LogP contribution in [0.3, 0.4) is 0 Å². The lowest BCUT2D eigenvalue weighted by molar-refractivity contribution is 0.0988. The first kappa shape index (κ1) is 14.6. The lowest BCUT2D eigenvalue weighted by atomic mass is 10.2. The molecule has 1 amide bonds. The predicted molar refractivity (Wildman–Crippen MR) is 75.6 cm³/mol. The minimum atomic E-state index is -0.985. The van der Waals surface area contributed by atoms with Crippen molar-refractivity contribution in [1.82, 2.24) is 4.98 Å². The van der Waals surface area contributed by atoms with Crippen molar-refractivity contribution in [2.45, 2.75) is 6.92 Å². The molecule has 0 atom stereocenters. The molecule has 0 unspecified atom stereocenters. The van der Waals surface area contributed by atoms with Gasteiger partial charge in [-0.3, -0.25) is 9.78 Å². The lowest BCUT2D eigenvalue weighted by Crippen LogP contribution is -2.30. The van der Waals surface area contributed by atoms with E-state index in [4.69, 9.17) is 0 Å². The van der Waals surface area contributed by atoms with Gasteiger partial charge >= 0.3 is 0 Å². The molecule has 0 aliphatic heterocycles. The number of nitrogens with zero attached hydrogens (tertiary/aromatic N) is 2. The van der Waals surface area contributed by atoms with Gasteiger partial charge in [0.25, 0.3) is 5.91 Å². The van der Waals surface area contributed by atoms with Crippen LogP contribution in [0.5, 0.6) is 0 Å². The van der Waals surface area contributed by atoms with Gasteiger partial charge in [0.05, 0.1) is 5.56 Å². The highest BCUT2D eigenvalue weighted by Gasteiger charge is 2.18. The van der Waals surface area contributed by atoms with Crippen molar-refractivity contribution in [3.63, 3.8) is 0 Å². The Morgan fingerprint density at radius 3 is 2.60 bits per heavy atom. The summed E-state index contributed by atoms with van der Waals surface area (Å²) in [6.45, 7) is 2.08. The molecule has 0 bridgehead atoms. The van der Waals surface area contributed by atoms with E-state index in [1.165, 1.54) is 17.2 Å². The van der Waals surface area contributed by atoms with Crippen molar-refractivity contribution in [2.24, 2.45) is 0 Å². The van der Waals surface area contributed by atoms with Gasteiger partial charge in [0.2, 0.25) is 0 Å². The molecule has 20 heavy (non-hydrogen) atoms. The Kier molecular flexibility index (Phi) is 4.44. The molecule has 2 aromatic rings. The Bertz CT molecular complexity index is 649. The van der Waals surface area contributed by atoms with Crippen LogP contribution >= 0.6 is 15.9 Å². The van der Waals surface area contributed by atoms with Crippen LogP contribution in [0.2, 0.25) is 0 Å². The molecule has 1 aromatic carbocycles. The van der Waals surface area contributed by atoms with Crippen LogP contribution in [0.15, 0.2) is 41.1 Å². The zero-order valence-electron chi connectivity index (χ0n) is 10.6. The van der Waals surface area contributed by atoms with Crippen molar-refractivity contribution in [3.8, 4) is 0 Å². The number of carbonyl (C=O) groups excluding carboxylic acids is 1. The number of hydrogen-bond donors (Lipinski definition) is 0. The fourth-order valence-electron chi connectivity index (χ4n) is 1.78. The van der Waals surface area contributed by atoms with E-state index in [1.807, 2.05) is 0 Å². The van der Waals surface area contributed by atoms with Crippen LogP contribution in [-0.2, 0) is 0 Å². The largest absolute Gasteiger partial charge is 0.308 e. The molecule has 104 valence electrons. The number of benzene rings is 1. The average molecular weight is 341 g/mol. The lowest BCUT2D eigenvalue weighted by Gasteiger charge is -2.21. The normalized spacial score (nSPS) is 10.4. The fraction of sp³-hybridized carbons (Fsp3) is 0.143. The van der Waals surface area contributed by atoms with Crippen molar-refractivity contribution < 1.29 is 13.6 Å². The molecule has 0 saturated heterocycles. The van der Waals surface area contributed by atoms with Gasteiger partial charge in [-0.05, 0) is 41.1 Å². The molecular weight excluding hydrogens is 330 g/mol. The SMILES string of the molecule is CCN(C(=O)c1cncc(Br)c1)c1ccc(F)c(F)c1. The predicted octanol–water partition coefficient (Wildman–Crippen LogP) is 3.79. The van der Waals surface area contributed by atoms with Gasteiger partial charge in [0, 0.05) is 35.2 Å². The molecule has 0 fully saturated rings. The topological polar surface area (TPSA) is 33.2 Å². The van der Waals surface area contributed by atoms with Crippen molar-refractivity contribution >= 4 is 27.5 Å². The van der Waals surface area contributed by atoms with Crippen molar-refractivity contribution in [3.05, 3.63) is 58.3 Å². The zero-order valence-corrected chi connectivity index (χ0v) is 12.2.